The maximum atomic E-state index is 12.2. The van der Waals surface area contributed by atoms with Crippen LogP contribution in [0.2, 0.25) is 0 Å². The molecule has 142 valence electrons. The van der Waals surface area contributed by atoms with E-state index in [4.69, 9.17) is 4.74 Å². The highest BCUT2D eigenvalue weighted by molar-refractivity contribution is 5.86. The van der Waals surface area contributed by atoms with Crippen molar-refractivity contribution >= 4 is 17.8 Å². The lowest BCUT2D eigenvalue weighted by atomic mass is 9.95. The maximum Gasteiger partial charge on any atom is 0.310 e. The highest BCUT2D eigenvalue weighted by Crippen LogP contribution is 2.24. The Morgan fingerprint density at radius 2 is 1.92 bits per heavy atom. The predicted molar refractivity (Wildman–Crippen MR) is 97.2 cm³/mol. The number of guanidine groups is 1. The van der Waals surface area contributed by atoms with Gasteiger partial charge in [-0.2, -0.15) is 0 Å². The molecule has 0 aromatic heterocycles. The fraction of sp³-hybridized carbons (Fsp3) is 0.833. The second kappa shape index (κ2) is 9.63. The molecule has 2 atom stereocenters. The first-order chi connectivity index (χ1) is 12.0. The summed E-state index contributed by atoms with van der Waals surface area (Å²) in [6.07, 6.45) is 5.79. The number of nitrogens with one attached hydrogen (secondary N) is 2. The summed E-state index contributed by atoms with van der Waals surface area (Å²) in [5.74, 6) is 0.539. The Balaban J connectivity index is 1.91. The normalized spacial score (nSPS) is 24.9. The lowest BCUT2D eigenvalue weighted by Gasteiger charge is -2.23. The van der Waals surface area contributed by atoms with Gasteiger partial charge in [0.2, 0.25) is 5.91 Å². The smallest absolute Gasteiger partial charge is 0.310 e. The van der Waals surface area contributed by atoms with Crippen molar-refractivity contribution in [2.75, 3.05) is 33.3 Å². The van der Waals surface area contributed by atoms with Crippen LogP contribution in [-0.4, -0.2) is 62.1 Å². The number of methoxy groups -OCH3 is 1. The first kappa shape index (κ1) is 19.5. The summed E-state index contributed by atoms with van der Waals surface area (Å²) < 4.78 is 4.89. The summed E-state index contributed by atoms with van der Waals surface area (Å²) in [6, 6.07) is 0.301. The molecule has 25 heavy (non-hydrogen) atoms. The molecule has 1 aliphatic carbocycles. The van der Waals surface area contributed by atoms with Gasteiger partial charge in [-0.15, -0.1) is 0 Å². The molecule has 1 heterocycles. The van der Waals surface area contributed by atoms with Crippen LogP contribution in [0.1, 0.15) is 46.0 Å². The molecule has 1 saturated heterocycles. The van der Waals surface area contributed by atoms with Crippen molar-refractivity contribution in [3.05, 3.63) is 0 Å². The zero-order chi connectivity index (χ0) is 18.2. The van der Waals surface area contributed by atoms with E-state index < -0.39 is 0 Å². The number of amides is 1. The van der Waals surface area contributed by atoms with E-state index in [0.29, 0.717) is 18.5 Å². The minimum atomic E-state index is -0.180. The van der Waals surface area contributed by atoms with Crippen LogP contribution < -0.4 is 10.6 Å². The van der Waals surface area contributed by atoms with Crippen LogP contribution in [0.25, 0.3) is 0 Å². The van der Waals surface area contributed by atoms with Crippen LogP contribution in [0.3, 0.4) is 0 Å². The van der Waals surface area contributed by atoms with Crippen molar-refractivity contribution in [3.8, 4) is 0 Å². The Morgan fingerprint density at radius 1 is 1.20 bits per heavy atom. The van der Waals surface area contributed by atoms with Gasteiger partial charge < -0.3 is 20.3 Å². The number of nitrogens with zero attached hydrogens (tertiary/aromatic N) is 2. The van der Waals surface area contributed by atoms with Crippen LogP contribution >= 0.6 is 0 Å². The Hall–Kier alpha value is -1.79. The van der Waals surface area contributed by atoms with Crippen molar-refractivity contribution in [1.82, 2.24) is 15.5 Å². The molecule has 0 radical (unpaired) electrons. The Kier molecular flexibility index (Phi) is 7.52. The average molecular weight is 352 g/mol. The molecule has 0 spiro atoms. The Labute approximate surface area is 150 Å². The second-order valence-corrected chi connectivity index (χ2v) is 7.08. The first-order valence-electron chi connectivity index (χ1n) is 9.45. The molecule has 2 fully saturated rings. The molecule has 2 unspecified atom stereocenters. The van der Waals surface area contributed by atoms with Crippen LogP contribution in [0.15, 0.2) is 4.99 Å². The monoisotopic (exact) mass is 352 g/mol. The molecule has 7 heteroatoms. The molecule has 0 aromatic carbocycles. The zero-order valence-electron chi connectivity index (χ0n) is 15.7. The third-order valence-corrected chi connectivity index (χ3v) is 5.09. The quantitative estimate of drug-likeness (QED) is 0.440. The summed E-state index contributed by atoms with van der Waals surface area (Å²) in [6.45, 7) is 6.18. The van der Waals surface area contributed by atoms with Gasteiger partial charge in [-0.1, -0.05) is 26.2 Å². The van der Waals surface area contributed by atoms with Crippen molar-refractivity contribution in [2.45, 2.75) is 52.0 Å². The predicted octanol–water partition coefficient (Wildman–Crippen LogP) is 1.14. The molecule has 0 aromatic rings. The van der Waals surface area contributed by atoms with Crippen molar-refractivity contribution in [3.63, 3.8) is 0 Å². The number of hydrogen-bond donors (Lipinski definition) is 2. The summed E-state index contributed by atoms with van der Waals surface area (Å²) >= 11 is 0. The van der Waals surface area contributed by atoms with E-state index in [1.165, 1.54) is 26.4 Å². The molecular weight excluding hydrogens is 320 g/mol. The topological polar surface area (TPSA) is 83.0 Å². The fourth-order valence-corrected chi connectivity index (χ4v) is 3.69. The summed E-state index contributed by atoms with van der Waals surface area (Å²) in [5, 5.41) is 6.31. The van der Waals surface area contributed by atoms with Gasteiger partial charge in [0.05, 0.1) is 13.0 Å². The van der Waals surface area contributed by atoms with Crippen molar-refractivity contribution in [1.29, 1.82) is 0 Å². The van der Waals surface area contributed by atoms with Gasteiger partial charge in [0.1, 0.15) is 6.54 Å². The largest absolute Gasteiger partial charge is 0.469 e. The van der Waals surface area contributed by atoms with E-state index in [2.05, 4.69) is 15.6 Å². The molecular formula is C18H32N4O3. The maximum absolute atomic E-state index is 12.2. The molecule has 1 saturated carbocycles. The highest BCUT2D eigenvalue weighted by atomic mass is 16.5. The minimum Gasteiger partial charge on any atom is -0.469 e. The van der Waals surface area contributed by atoms with Gasteiger partial charge in [0.25, 0.3) is 0 Å². The summed E-state index contributed by atoms with van der Waals surface area (Å²) in [7, 11) is 1.42. The third kappa shape index (κ3) is 5.61. The lowest BCUT2D eigenvalue weighted by Crippen LogP contribution is -2.42. The standard InChI is InChI=1S/C18H32N4O3/c1-4-19-18(22-11-13(2)15(12-22)17(24)25-3)20-10-16(23)21-14-8-6-5-7-9-14/h13-15H,4-12H2,1-3H3,(H,19,20)(H,21,23). The van der Waals surface area contributed by atoms with E-state index in [9.17, 15) is 9.59 Å². The number of ether oxygens (including phenoxy) is 1. The Bertz CT molecular complexity index is 489. The molecule has 7 nitrogen and oxygen atoms in total. The van der Waals surface area contributed by atoms with Gasteiger partial charge in [-0.05, 0) is 25.7 Å². The summed E-state index contributed by atoms with van der Waals surface area (Å²) in [4.78, 5) is 30.6. The number of carbonyl (C=O) groups is 2. The molecule has 0 bridgehead atoms. The van der Waals surface area contributed by atoms with E-state index in [-0.39, 0.29) is 30.3 Å². The van der Waals surface area contributed by atoms with Crippen molar-refractivity contribution in [2.24, 2.45) is 16.8 Å². The van der Waals surface area contributed by atoms with Gasteiger partial charge >= 0.3 is 5.97 Å². The number of aliphatic imine (C=N–C) groups is 1. The zero-order valence-corrected chi connectivity index (χ0v) is 15.7. The third-order valence-electron chi connectivity index (χ3n) is 5.09. The van der Waals surface area contributed by atoms with E-state index in [0.717, 1.165) is 25.9 Å². The van der Waals surface area contributed by atoms with Gasteiger partial charge in [0, 0.05) is 25.7 Å². The molecule has 2 N–H and O–H groups in total. The molecule has 2 aliphatic rings. The molecule has 2 rings (SSSR count). The Morgan fingerprint density at radius 3 is 2.56 bits per heavy atom. The number of hydrogen-bond acceptors (Lipinski definition) is 4. The molecule has 1 amide bonds. The number of carbonyl (C=O) groups excluding carboxylic acids is 2. The minimum absolute atomic E-state index is 0.0286. The van der Waals surface area contributed by atoms with Gasteiger partial charge in [-0.3, -0.25) is 9.59 Å². The van der Waals surface area contributed by atoms with E-state index >= 15 is 0 Å². The van der Waals surface area contributed by atoms with E-state index in [1.807, 2.05) is 18.7 Å². The first-order valence-corrected chi connectivity index (χ1v) is 9.45. The van der Waals surface area contributed by atoms with Crippen LogP contribution in [0, 0.1) is 11.8 Å². The van der Waals surface area contributed by atoms with Crippen LogP contribution in [0.5, 0.6) is 0 Å². The molecule has 1 aliphatic heterocycles. The highest BCUT2D eigenvalue weighted by Gasteiger charge is 2.36. The van der Waals surface area contributed by atoms with Crippen molar-refractivity contribution < 1.29 is 14.3 Å². The van der Waals surface area contributed by atoms with E-state index in [1.54, 1.807) is 0 Å². The van der Waals surface area contributed by atoms with Gasteiger partial charge in [0.15, 0.2) is 5.96 Å². The number of likely N-dealkylation sites (tertiary alicyclic amines) is 1. The van der Waals surface area contributed by atoms with Crippen LogP contribution in [-0.2, 0) is 14.3 Å². The SMILES string of the molecule is CCNC(=NCC(=O)NC1CCCCC1)N1CC(C)C(C(=O)OC)C1. The van der Waals surface area contributed by atoms with Gasteiger partial charge in [-0.25, -0.2) is 4.99 Å². The number of esters is 1. The fourth-order valence-electron chi connectivity index (χ4n) is 3.69. The average Bonchev–Trinajstić information content (AvgIpc) is 3.00. The lowest BCUT2D eigenvalue weighted by molar-refractivity contribution is -0.146. The van der Waals surface area contributed by atoms with Crippen LogP contribution in [0.4, 0.5) is 0 Å². The summed E-state index contributed by atoms with van der Waals surface area (Å²) in [5.41, 5.74) is 0. The number of rotatable bonds is 5. The second-order valence-electron chi connectivity index (χ2n) is 7.08.